The molecular formula is C35H36N2. The number of fused-ring (bicyclic) bond motifs is 1. The van der Waals surface area contributed by atoms with Gasteiger partial charge in [0.25, 0.3) is 0 Å². The standard InChI is InChI=1S/C35H36N2/c36-35-31(21-20-26-12-4-5-18-33(26)35)24-37-34-19-7-6-17-32(34)30-16-9-15-29(23-30)28-14-8-13-27(22-28)25-10-2-1-3-11-25/h1-2,4-7,10,12,14,16-21,23,27,37H,3,8-9,11,13,15,22,24,36H2. The van der Waals surface area contributed by atoms with Crippen molar-refractivity contribution in [3.8, 4) is 0 Å². The molecule has 2 heteroatoms. The van der Waals surface area contributed by atoms with Gasteiger partial charge >= 0.3 is 0 Å². The summed E-state index contributed by atoms with van der Waals surface area (Å²) in [7, 11) is 0. The number of para-hydroxylation sites is 1. The monoisotopic (exact) mass is 484 g/mol. The fourth-order valence-electron chi connectivity index (χ4n) is 6.17. The Morgan fingerprint density at radius 3 is 2.65 bits per heavy atom. The first-order chi connectivity index (χ1) is 18.3. The highest BCUT2D eigenvalue weighted by atomic mass is 14.9. The molecule has 0 spiro atoms. The van der Waals surface area contributed by atoms with Crippen LogP contribution in [0.2, 0.25) is 0 Å². The van der Waals surface area contributed by atoms with Gasteiger partial charge in [-0.2, -0.15) is 0 Å². The molecule has 3 aromatic rings. The lowest BCUT2D eigenvalue weighted by Crippen LogP contribution is -2.12. The molecule has 3 aliphatic carbocycles. The molecule has 1 atom stereocenters. The second-order valence-electron chi connectivity index (χ2n) is 10.5. The third-order valence-electron chi connectivity index (χ3n) is 8.23. The topological polar surface area (TPSA) is 38.0 Å². The predicted octanol–water partition coefficient (Wildman–Crippen LogP) is 9.14. The highest BCUT2D eigenvalue weighted by molar-refractivity contribution is 5.94. The van der Waals surface area contributed by atoms with E-state index in [9.17, 15) is 0 Å². The van der Waals surface area contributed by atoms with E-state index in [-0.39, 0.29) is 0 Å². The summed E-state index contributed by atoms with van der Waals surface area (Å²) in [5, 5.41) is 6.01. The van der Waals surface area contributed by atoms with Crippen molar-refractivity contribution in [3.05, 3.63) is 125 Å². The molecule has 186 valence electrons. The summed E-state index contributed by atoms with van der Waals surface area (Å²) in [4.78, 5) is 0. The van der Waals surface area contributed by atoms with Gasteiger partial charge in [-0.1, -0.05) is 96.6 Å². The van der Waals surface area contributed by atoms with Crippen LogP contribution < -0.4 is 11.1 Å². The number of nitrogens with one attached hydrogen (secondary N) is 1. The Kier molecular flexibility index (Phi) is 6.82. The van der Waals surface area contributed by atoms with E-state index in [1.54, 1.807) is 11.1 Å². The van der Waals surface area contributed by atoms with Gasteiger partial charge in [-0.05, 0) is 84.6 Å². The fraction of sp³-hybridized carbons (Fsp3) is 0.257. The van der Waals surface area contributed by atoms with Crippen LogP contribution in [-0.4, -0.2) is 0 Å². The largest absolute Gasteiger partial charge is 0.398 e. The second kappa shape index (κ2) is 10.7. The molecule has 0 saturated carbocycles. The number of hydrogen-bond donors (Lipinski definition) is 2. The predicted molar refractivity (Wildman–Crippen MR) is 159 cm³/mol. The molecule has 1 unspecified atom stereocenters. The fourth-order valence-corrected chi connectivity index (χ4v) is 6.17. The van der Waals surface area contributed by atoms with Crippen LogP contribution in [0.15, 0.2) is 114 Å². The Balaban J connectivity index is 1.21. The summed E-state index contributed by atoms with van der Waals surface area (Å²) in [6.07, 6.45) is 22.7. The molecule has 0 radical (unpaired) electrons. The van der Waals surface area contributed by atoms with Crippen molar-refractivity contribution in [2.75, 3.05) is 11.1 Å². The molecule has 37 heavy (non-hydrogen) atoms. The first-order valence-electron chi connectivity index (χ1n) is 13.8. The van der Waals surface area contributed by atoms with Crippen LogP contribution in [0, 0.1) is 5.92 Å². The van der Waals surface area contributed by atoms with E-state index in [0.29, 0.717) is 12.5 Å². The van der Waals surface area contributed by atoms with Gasteiger partial charge in [0, 0.05) is 28.9 Å². The second-order valence-corrected chi connectivity index (χ2v) is 10.5. The number of nitrogens with two attached hydrogens (primary N) is 1. The average molecular weight is 485 g/mol. The van der Waals surface area contributed by atoms with Gasteiger partial charge in [-0.25, -0.2) is 0 Å². The molecule has 0 amide bonds. The quantitative estimate of drug-likeness (QED) is 0.342. The van der Waals surface area contributed by atoms with Crippen LogP contribution in [0.1, 0.15) is 56.1 Å². The first-order valence-corrected chi connectivity index (χ1v) is 13.8. The molecule has 0 fully saturated rings. The zero-order chi connectivity index (χ0) is 25.0. The van der Waals surface area contributed by atoms with Gasteiger partial charge in [0.1, 0.15) is 0 Å². The molecule has 0 saturated heterocycles. The van der Waals surface area contributed by atoms with E-state index in [1.165, 1.54) is 54.2 Å². The minimum Gasteiger partial charge on any atom is -0.398 e. The number of hydrogen-bond acceptors (Lipinski definition) is 2. The molecule has 6 rings (SSSR count). The Morgan fingerprint density at radius 2 is 1.73 bits per heavy atom. The van der Waals surface area contributed by atoms with E-state index >= 15 is 0 Å². The van der Waals surface area contributed by atoms with Gasteiger partial charge in [-0.3, -0.25) is 0 Å². The first kappa shape index (κ1) is 23.6. The summed E-state index contributed by atoms with van der Waals surface area (Å²) in [6.45, 7) is 0.702. The van der Waals surface area contributed by atoms with Crippen molar-refractivity contribution in [3.63, 3.8) is 0 Å². The van der Waals surface area contributed by atoms with Gasteiger partial charge in [0.15, 0.2) is 0 Å². The minimum absolute atomic E-state index is 0.702. The van der Waals surface area contributed by atoms with Crippen LogP contribution in [0.3, 0.4) is 0 Å². The number of rotatable bonds is 6. The van der Waals surface area contributed by atoms with Crippen molar-refractivity contribution in [1.29, 1.82) is 0 Å². The molecule has 0 aliphatic heterocycles. The maximum atomic E-state index is 6.56. The Labute approximate surface area is 221 Å². The van der Waals surface area contributed by atoms with Crippen LogP contribution in [0.4, 0.5) is 11.4 Å². The molecule has 0 heterocycles. The van der Waals surface area contributed by atoms with Crippen molar-refractivity contribution in [2.45, 2.75) is 51.5 Å². The van der Waals surface area contributed by atoms with Crippen LogP contribution in [0.5, 0.6) is 0 Å². The van der Waals surface area contributed by atoms with Crippen molar-refractivity contribution < 1.29 is 0 Å². The lowest BCUT2D eigenvalue weighted by molar-refractivity contribution is 0.517. The molecule has 3 aromatic carbocycles. The molecule has 0 aromatic heterocycles. The van der Waals surface area contributed by atoms with E-state index < -0.39 is 0 Å². The SMILES string of the molecule is Nc1c(CNc2ccccc2C2=CCCC(C3=CCCC(C4=CC=CCC4)C3)=C2)ccc2ccccc12. The Bertz CT molecular complexity index is 1460. The number of nitrogen functional groups attached to an aromatic ring is 1. The zero-order valence-electron chi connectivity index (χ0n) is 21.5. The van der Waals surface area contributed by atoms with Crippen molar-refractivity contribution >= 4 is 27.7 Å². The molecule has 3 N–H and O–H groups in total. The Morgan fingerprint density at radius 1 is 0.838 bits per heavy atom. The minimum atomic E-state index is 0.702. The maximum Gasteiger partial charge on any atom is 0.0444 e. The van der Waals surface area contributed by atoms with Gasteiger partial charge < -0.3 is 11.1 Å². The molecule has 2 nitrogen and oxygen atoms in total. The van der Waals surface area contributed by atoms with E-state index in [0.717, 1.165) is 35.2 Å². The molecule has 3 aliphatic rings. The lowest BCUT2D eigenvalue weighted by Gasteiger charge is -2.28. The zero-order valence-corrected chi connectivity index (χ0v) is 21.5. The van der Waals surface area contributed by atoms with Gasteiger partial charge in [0.2, 0.25) is 0 Å². The summed E-state index contributed by atoms with van der Waals surface area (Å²) in [6, 6.07) is 21.3. The van der Waals surface area contributed by atoms with E-state index in [2.05, 4.69) is 102 Å². The van der Waals surface area contributed by atoms with Crippen molar-refractivity contribution in [1.82, 2.24) is 0 Å². The van der Waals surface area contributed by atoms with E-state index in [4.69, 9.17) is 5.73 Å². The van der Waals surface area contributed by atoms with Crippen molar-refractivity contribution in [2.24, 2.45) is 5.92 Å². The smallest absolute Gasteiger partial charge is 0.0444 e. The normalized spacial score (nSPS) is 19.6. The molecule has 0 bridgehead atoms. The van der Waals surface area contributed by atoms with E-state index in [1.807, 2.05) is 0 Å². The maximum absolute atomic E-state index is 6.56. The summed E-state index contributed by atoms with van der Waals surface area (Å²) < 4.78 is 0. The van der Waals surface area contributed by atoms with Gasteiger partial charge in [-0.15, -0.1) is 0 Å². The van der Waals surface area contributed by atoms with Crippen LogP contribution in [0.25, 0.3) is 16.3 Å². The highest BCUT2D eigenvalue weighted by Crippen LogP contribution is 2.40. The highest BCUT2D eigenvalue weighted by Gasteiger charge is 2.22. The Hall–Kier alpha value is -3.78. The van der Waals surface area contributed by atoms with Crippen LogP contribution in [-0.2, 0) is 6.54 Å². The third kappa shape index (κ3) is 5.06. The number of anilines is 2. The summed E-state index contributed by atoms with van der Waals surface area (Å²) in [5.41, 5.74) is 17.1. The number of allylic oxidation sites excluding steroid dienone is 10. The van der Waals surface area contributed by atoms with Gasteiger partial charge in [0.05, 0.1) is 0 Å². The summed E-state index contributed by atoms with van der Waals surface area (Å²) in [5.74, 6) is 0.710. The summed E-state index contributed by atoms with van der Waals surface area (Å²) >= 11 is 0. The van der Waals surface area contributed by atoms with Crippen LogP contribution >= 0.6 is 0 Å². The third-order valence-corrected chi connectivity index (χ3v) is 8.23. The molecular weight excluding hydrogens is 448 g/mol. The number of benzene rings is 3. The lowest BCUT2D eigenvalue weighted by atomic mass is 9.77. The average Bonchev–Trinajstić information content (AvgIpc) is 2.98.